The van der Waals surface area contributed by atoms with Gasteiger partial charge in [0.2, 0.25) is 0 Å². The lowest BCUT2D eigenvalue weighted by molar-refractivity contribution is 0.133. The van der Waals surface area contributed by atoms with E-state index in [9.17, 15) is 4.79 Å². The number of carbonyl (C=O) groups excluding carboxylic acids is 1. The maximum absolute atomic E-state index is 11.8. The molecule has 116 valence electrons. The number of rotatable bonds is 5. The van der Waals surface area contributed by atoms with Crippen LogP contribution in [-0.2, 0) is 11.3 Å². The quantitative estimate of drug-likeness (QED) is 0.905. The second-order valence-corrected chi connectivity index (χ2v) is 5.24. The molecule has 1 aromatic carbocycles. The number of hydrogen-bond acceptors (Lipinski definition) is 4. The van der Waals surface area contributed by atoms with Crippen molar-refractivity contribution in [2.45, 2.75) is 44.8 Å². The first-order valence-electron chi connectivity index (χ1n) is 7.37. The number of hydrogen-bond donors (Lipinski definition) is 1. The van der Waals surface area contributed by atoms with Gasteiger partial charge in [-0.15, -0.1) is 0 Å². The molecule has 1 fully saturated rings. The van der Waals surface area contributed by atoms with Gasteiger partial charge in [-0.05, 0) is 30.5 Å². The summed E-state index contributed by atoms with van der Waals surface area (Å²) in [6.07, 6.45) is 5.37. The zero-order valence-corrected chi connectivity index (χ0v) is 12.7. The lowest BCUT2D eigenvalue weighted by Gasteiger charge is -2.22. The Morgan fingerprint density at radius 1 is 1.14 bits per heavy atom. The summed E-state index contributed by atoms with van der Waals surface area (Å²) in [7, 11) is 3.17. The minimum atomic E-state index is -0.350. The van der Waals surface area contributed by atoms with Gasteiger partial charge >= 0.3 is 6.09 Å². The number of nitrogens with one attached hydrogen (secondary N) is 1. The van der Waals surface area contributed by atoms with Gasteiger partial charge in [0.1, 0.15) is 6.61 Å². The van der Waals surface area contributed by atoms with Crippen LogP contribution < -0.4 is 14.8 Å². The van der Waals surface area contributed by atoms with Crippen LogP contribution in [0.3, 0.4) is 0 Å². The van der Waals surface area contributed by atoms with Crippen molar-refractivity contribution in [2.75, 3.05) is 14.2 Å². The van der Waals surface area contributed by atoms with E-state index in [-0.39, 0.29) is 18.7 Å². The molecule has 1 aliphatic rings. The van der Waals surface area contributed by atoms with E-state index in [0.717, 1.165) is 18.4 Å². The molecular formula is C16H23NO4. The van der Waals surface area contributed by atoms with E-state index in [1.165, 1.54) is 19.3 Å². The molecule has 0 radical (unpaired) electrons. The van der Waals surface area contributed by atoms with Gasteiger partial charge in [-0.2, -0.15) is 0 Å². The maximum Gasteiger partial charge on any atom is 0.407 e. The minimum Gasteiger partial charge on any atom is -0.493 e. The van der Waals surface area contributed by atoms with Crippen LogP contribution in [0.1, 0.15) is 37.7 Å². The monoisotopic (exact) mass is 293 g/mol. The molecule has 0 bridgehead atoms. The van der Waals surface area contributed by atoms with Crippen LogP contribution in [0.4, 0.5) is 4.79 Å². The lowest BCUT2D eigenvalue weighted by Crippen LogP contribution is -2.36. The van der Waals surface area contributed by atoms with Crippen molar-refractivity contribution in [3.63, 3.8) is 0 Å². The van der Waals surface area contributed by atoms with Crippen molar-refractivity contribution in [1.29, 1.82) is 0 Å². The van der Waals surface area contributed by atoms with Gasteiger partial charge in [0.25, 0.3) is 0 Å². The van der Waals surface area contributed by atoms with E-state index in [4.69, 9.17) is 14.2 Å². The molecule has 1 N–H and O–H groups in total. The third-order valence-corrected chi connectivity index (χ3v) is 3.75. The van der Waals surface area contributed by atoms with E-state index >= 15 is 0 Å². The Hall–Kier alpha value is -1.91. The fourth-order valence-electron chi connectivity index (χ4n) is 2.57. The normalized spacial score (nSPS) is 15.3. The molecule has 1 saturated carbocycles. The fraction of sp³-hybridized carbons (Fsp3) is 0.562. The Kier molecular flexibility index (Phi) is 5.72. The molecule has 5 heteroatoms. The van der Waals surface area contributed by atoms with Gasteiger partial charge in [-0.25, -0.2) is 4.79 Å². The first kappa shape index (κ1) is 15.5. The van der Waals surface area contributed by atoms with Crippen LogP contribution in [0, 0.1) is 0 Å². The van der Waals surface area contributed by atoms with Gasteiger partial charge < -0.3 is 19.5 Å². The van der Waals surface area contributed by atoms with Crippen molar-refractivity contribution >= 4 is 6.09 Å². The van der Waals surface area contributed by atoms with Crippen LogP contribution in [0.25, 0.3) is 0 Å². The van der Waals surface area contributed by atoms with Crippen molar-refractivity contribution in [3.8, 4) is 11.5 Å². The van der Waals surface area contributed by atoms with E-state index in [1.54, 1.807) is 20.3 Å². The van der Waals surface area contributed by atoms with Crippen LogP contribution >= 0.6 is 0 Å². The summed E-state index contributed by atoms with van der Waals surface area (Å²) in [6.45, 7) is 0.221. The largest absolute Gasteiger partial charge is 0.493 e. The van der Waals surface area contributed by atoms with Crippen molar-refractivity contribution in [3.05, 3.63) is 23.8 Å². The highest BCUT2D eigenvalue weighted by Crippen LogP contribution is 2.27. The second kappa shape index (κ2) is 7.76. The molecule has 5 nitrogen and oxygen atoms in total. The molecule has 0 aliphatic heterocycles. The van der Waals surface area contributed by atoms with E-state index in [1.807, 2.05) is 12.1 Å². The van der Waals surface area contributed by atoms with Gasteiger partial charge in [-0.1, -0.05) is 25.3 Å². The number of carbonyl (C=O) groups is 1. The number of benzene rings is 1. The van der Waals surface area contributed by atoms with Crippen molar-refractivity contribution in [1.82, 2.24) is 5.32 Å². The first-order chi connectivity index (χ1) is 10.2. The third-order valence-electron chi connectivity index (χ3n) is 3.75. The molecule has 0 spiro atoms. The Labute approximate surface area is 125 Å². The standard InChI is InChI=1S/C16H23NO4/c1-19-14-9-8-12(10-15(14)20-2)11-21-16(18)17-13-6-4-3-5-7-13/h8-10,13H,3-7,11H2,1-2H3,(H,17,18). The number of ether oxygens (including phenoxy) is 3. The Morgan fingerprint density at radius 3 is 2.52 bits per heavy atom. The molecule has 2 rings (SSSR count). The van der Waals surface area contributed by atoms with Gasteiger partial charge in [0.15, 0.2) is 11.5 Å². The van der Waals surface area contributed by atoms with E-state index in [0.29, 0.717) is 11.5 Å². The van der Waals surface area contributed by atoms with E-state index < -0.39 is 0 Å². The summed E-state index contributed by atoms with van der Waals surface area (Å²) in [6, 6.07) is 5.73. The van der Waals surface area contributed by atoms with Gasteiger partial charge in [-0.3, -0.25) is 0 Å². The highest BCUT2D eigenvalue weighted by atomic mass is 16.5. The Morgan fingerprint density at radius 2 is 1.86 bits per heavy atom. The van der Waals surface area contributed by atoms with Gasteiger partial charge in [0, 0.05) is 6.04 Å². The highest BCUT2D eigenvalue weighted by molar-refractivity contribution is 5.67. The molecule has 21 heavy (non-hydrogen) atoms. The highest BCUT2D eigenvalue weighted by Gasteiger charge is 2.16. The molecule has 0 atom stereocenters. The molecular weight excluding hydrogens is 270 g/mol. The summed E-state index contributed by atoms with van der Waals surface area (Å²) in [5, 5.41) is 2.92. The summed E-state index contributed by atoms with van der Waals surface area (Å²) in [5.74, 6) is 1.29. The van der Waals surface area contributed by atoms with Crippen LogP contribution in [0.5, 0.6) is 11.5 Å². The van der Waals surface area contributed by atoms with Crippen molar-refractivity contribution in [2.24, 2.45) is 0 Å². The van der Waals surface area contributed by atoms with Crippen LogP contribution in [0.15, 0.2) is 18.2 Å². The second-order valence-electron chi connectivity index (χ2n) is 5.24. The number of methoxy groups -OCH3 is 2. The number of alkyl carbamates (subject to hydrolysis) is 1. The molecule has 0 saturated heterocycles. The topological polar surface area (TPSA) is 56.8 Å². The van der Waals surface area contributed by atoms with Crippen molar-refractivity contribution < 1.29 is 19.0 Å². The Bertz CT molecular complexity index is 469. The van der Waals surface area contributed by atoms with Gasteiger partial charge in [0.05, 0.1) is 14.2 Å². The molecule has 1 aromatic rings. The van der Waals surface area contributed by atoms with Crippen LogP contribution in [0.2, 0.25) is 0 Å². The Balaban J connectivity index is 1.83. The predicted octanol–water partition coefficient (Wildman–Crippen LogP) is 3.26. The molecule has 1 amide bonds. The molecule has 0 heterocycles. The smallest absolute Gasteiger partial charge is 0.407 e. The predicted molar refractivity (Wildman–Crippen MR) is 79.7 cm³/mol. The first-order valence-corrected chi connectivity index (χ1v) is 7.37. The maximum atomic E-state index is 11.8. The third kappa shape index (κ3) is 4.55. The fourth-order valence-corrected chi connectivity index (χ4v) is 2.57. The zero-order valence-electron chi connectivity index (χ0n) is 12.7. The molecule has 0 unspecified atom stereocenters. The molecule has 0 aromatic heterocycles. The summed E-state index contributed by atoms with van der Waals surface area (Å²) < 4.78 is 15.7. The zero-order chi connectivity index (χ0) is 15.1. The average molecular weight is 293 g/mol. The number of amides is 1. The summed E-state index contributed by atoms with van der Waals surface area (Å²) in [4.78, 5) is 11.8. The molecule has 1 aliphatic carbocycles. The SMILES string of the molecule is COc1ccc(COC(=O)NC2CCCCC2)cc1OC. The minimum absolute atomic E-state index is 0.221. The summed E-state index contributed by atoms with van der Waals surface area (Å²) in [5.41, 5.74) is 0.867. The average Bonchev–Trinajstić information content (AvgIpc) is 2.53. The lowest BCUT2D eigenvalue weighted by atomic mass is 9.96. The van der Waals surface area contributed by atoms with E-state index in [2.05, 4.69) is 5.32 Å². The summed E-state index contributed by atoms with van der Waals surface area (Å²) >= 11 is 0. The van der Waals surface area contributed by atoms with Crippen LogP contribution in [-0.4, -0.2) is 26.4 Å².